The summed E-state index contributed by atoms with van der Waals surface area (Å²) >= 11 is 0. The molecule has 3 aromatic carbocycles. The van der Waals surface area contributed by atoms with Gasteiger partial charge in [-0.3, -0.25) is 13.9 Å². The van der Waals surface area contributed by atoms with E-state index in [9.17, 15) is 18.0 Å². The molecule has 10 heteroatoms. The number of nitrogens with zero attached hydrogens (tertiary/aromatic N) is 1. The van der Waals surface area contributed by atoms with Crippen LogP contribution in [0.3, 0.4) is 0 Å². The first kappa shape index (κ1) is 24.6. The third-order valence-corrected chi connectivity index (χ3v) is 6.54. The highest BCUT2D eigenvalue weighted by atomic mass is 32.2. The second-order valence-electron chi connectivity index (χ2n) is 7.17. The lowest BCUT2D eigenvalue weighted by Gasteiger charge is -2.26. The molecular formula is C24H25N3O6S. The Hall–Kier alpha value is -4.05. The predicted octanol–water partition coefficient (Wildman–Crippen LogP) is 3.50. The molecule has 2 N–H and O–H groups in total. The van der Waals surface area contributed by atoms with Crippen molar-refractivity contribution in [1.82, 2.24) is 0 Å². The Labute approximate surface area is 198 Å². The molecule has 0 unspecified atom stereocenters. The fourth-order valence-electron chi connectivity index (χ4n) is 3.18. The number of rotatable bonds is 9. The summed E-state index contributed by atoms with van der Waals surface area (Å²) in [6, 6.07) is 18.9. The molecule has 34 heavy (non-hydrogen) atoms. The summed E-state index contributed by atoms with van der Waals surface area (Å²) in [6.45, 7) is 0.887. The lowest BCUT2D eigenvalue weighted by atomic mass is 10.2. The molecule has 0 bridgehead atoms. The van der Waals surface area contributed by atoms with E-state index in [2.05, 4.69) is 10.6 Å². The first-order valence-electron chi connectivity index (χ1n) is 10.2. The summed E-state index contributed by atoms with van der Waals surface area (Å²) in [4.78, 5) is 24.1. The number of carbonyl (C=O) groups excluding carboxylic acids is 2. The normalized spacial score (nSPS) is 10.8. The number of hydrogen-bond acceptors (Lipinski definition) is 6. The molecule has 0 aliphatic heterocycles. The number of sulfonamides is 1. The van der Waals surface area contributed by atoms with Gasteiger partial charge in [-0.1, -0.05) is 18.2 Å². The molecule has 0 fully saturated rings. The first-order valence-corrected chi connectivity index (χ1v) is 11.7. The molecule has 3 rings (SSSR count). The van der Waals surface area contributed by atoms with Crippen molar-refractivity contribution in [3.8, 4) is 11.5 Å². The molecular weight excluding hydrogens is 458 g/mol. The third kappa shape index (κ3) is 5.84. The fourth-order valence-corrected chi connectivity index (χ4v) is 4.63. The van der Waals surface area contributed by atoms with Gasteiger partial charge < -0.3 is 20.1 Å². The van der Waals surface area contributed by atoms with E-state index in [1.165, 1.54) is 39.3 Å². The van der Waals surface area contributed by atoms with Crippen LogP contribution in [0.25, 0.3) is 0 Å². The molecule has 178 valence electrons. The Bertz CT molecular complexity index is 1260. The highest BCUT2D eigenvalue weighted by Crippen LogP contribution is 2.35. The number of benzene rings is 3. The van der Waals surface area contributed by atoms with Gasteiger partial charge in [0, 0.05) is 24.4 Å². The first-order chi connectivity index (χ1) is 16.2. The second kappa shape index (κ2) is 10.7. The molecule has 0 aromatic heterocycles. The molecule has 9 nitrogen and oxygen atoms in total. The standard InChI is InChI=1S/C24H25N3O6S/c1-17(28)25-18-9-11-19(12-10-18)26-24(29)16-27(34(30,31)21-7-5-4-6-8-21)22-14-13-20(32-2)15-23(22)33-3/h4-15H,16H2,1-3H3,(H,25,28)(H,26,29). The van der Waals surface area contributed by atoms with Gasteiger partial charge in [0.1, 0.15) is 18.0 Å². The smallest absolute Gasteiger partial charge is 0.264 e. The average Bonchev–Trinajstić information content (AvgIpc) is 2.83. The van der Waals surface area contributed by atoms with Gasteiger partial charge in [0.15, 0.2) is 0 Å². The molecule has 0 atom stereocenters. The molecule has 2 amide bonds. The molecule has 0 aliphatic carbocycles. The van der Waals surface area contributed by atoms with Gasteiger partial charge in [-0.05, 0) is 48.5 Å². The summed E-state index contributed by atoms with van der Waals surface area (Å²) in [5.41, 5.74) is 1.20. The van der Waals surface area contributed by atoms with Crippen molar-refractivity contribution >= 4 is 38.9 Å². The van der Waals surface area contributed by atoms with Crippen LogP contribution in [0.5, 0.6) is 11.5 Å². The Balaban J connectivity index is 1.93. The van der Waals surface area contributed by atoms with Crippen LogP contribution in [0.15, 0.2) is 77.7 Å². The van der Waals surface area contributed by atoms with Gasteiger partial charge in [0.25, 0.3) is 10.0 Å². The van der Waals surface area contributed by atoms with Crippen molar-refractivity contribution in [1.29, 1.82) is 0 Å². The quantitative estimate of drug-likeness (QED) is 0.482. The van der Waals surface area contributed by atoms with Gasteiger partial charge in [-0.2, -0.15) is 0 Å². The fraction of sp³-hybridized carbons (Fsp3) is 0.167. The summed E-state index contributed by atoms with van der Waals surface area (Å²) < 4.78 is 38.6. The molecule has 0 saturated carbocycles. The zero-order chi connectivity index (χ0) is 24.7. The lowest BCUT2D eigenvalue weighted by Crippen LogP contribution is -2.38. The monoisotopic (exact) mass is 483 g/mol. The van der Waals surface area contributed by atoms with E-state index in [0.717, 1.165) is 4.31 Å². The van der Waals surface area contributed by atoms with Crippen molar-refractivity contribution in [3.05, 3.63) is 72.8 Å². The number of hydrogen-bond donors (Lipinski definition) is 2. The number of anilines is 3. The number of amides is 2. The molecule has 0 radical (unpaired) electrons. The molecule has 0 aliphatic rings. The highest BCUT2D eigenvalue weighted by molar-refractivity contribution is 7.92. The minimum Gasteiger partial charge on any atom is -0.497 e. The Morgan fingerprint density at radius 1 is 0.853 bits per heavy atom. The summed E-state index contributed by atoms with van der Waals surface area (Å²) in [6.07, 6.45) is 0. The van der Waals surface area contributed by atoms with Crippen molar-refractivity contribution in [3.63, 3.8) is 0 Å². The van der Waals surface area contributed by atoms with Crippen LogP contribution >= 0.6 is 0 Å². The zero-order valence-corrected chi connectivity index (χ0v) is 19.8. The predicted molar refractivity (Wildman–Crippen MR) is 130 cm³/mol. The average molecular weight is 484 g/mol. The van der Waals surface area contributed by atoms with Crippen molar-refractivity contribution < 1.29 is 27.5 Å². The van der Waals surface area contributed by atoms with Gasteiger partial charge in [0.05, 0.1) is 24.8 Å². The van der Waals surface area contributed by atoms with Crippen molar-refractivity contribution in [2.75, 3.05) is 35.7 Å². The SMILES string of the molecule is COc1ccc(N(CC(=O)Nc2ccc(NC(C)=O)cc2)S(=O)(=O)c2ccccc2)c(OC)c1. The Morgan fingerprint density at radius 2 is 1.47 bits per heavy atom. The second-order valence-corrected chi connectivity index (χ2v) is 9.03. The number of carbonyl (C=O) groups is 2. The molecule has 3 aromatic rings. The van der Waals surface area contributed by atoms with Crippen LogP contribution in [0.1, 0.15) is 6.92 Å². The van der Waals surface area contributed by atoms with E-state index in [0.29, 0.717) is 17.1 Å². The van der Waals surface area contributed by atoms with Crippen molar-refractivity contribution in [2.24, 2.45) is 0 Å². The van der Waals surface area contributed by atoms with E-state index in [1.807, 2.05) is 0 Å². The van der Waals surface area contributed by atoms with Crippen molar-refractivity contribution in [2.45, 2.75) is 11.8 Å². The zero-order valence-electron chi connectivity index (χ0n) is 18.9. The van der Waals surface area contributed by atoms with Crippen LogP contribution in [0.2, 0.25) is 0 Å². The van der Waals surface area contributed by atoms with Crippen LogP contribution in [0.4, 0.5) is 17.1 Å². The summed E-state index contributed by atoms with van der Waals surface area (Å²) in [5, 5.41) is 5.32. The lowest BCUT2D eigenvalue weighted by molar-refractivity contribution is -0.115. The van der Waals surface area contributed by atoms with Gasteiger partial charge >= 0.3 is 0 Å². The van der Waals surface area contributed by atoms with Crippen LogP contribution < -0.4 is 24.4 Å². The topological polar surface area (TPSA) is 114 Å². The van der Waals surface area contributed by atoms with E-state index < -0.39 is 22.5 Å². The van der Waals surface area contributed by atoms with E-state index in [1.54, 1.807) is 54.6 Å². The van der Waals surface area contributed by atoms with Crippen LogP contribution in [0, 0.1) is 0 Å². The largest absolute Gasteiger partial charge is 0.497 e. The van der Waals surface area contributed by atoms with E-state index in [4.69, 9.17) is 9.47 Å². The minimum atomic E-state index is -4.11. The van der Waals surface area contributed by atoms with E-state index in [-0.39, 0.29) is 22.2 Å². The minimum absolute atomic E-state index is 0.0281. The summed E-state index contributed by atoms with van der Waals surface area (Å²) in [5.74, 6) is -0.0793. The van der Waals surface area contributed by atoms with Crippen LogP contribution in [-0.2, 0) is 19.6 Å². The Morgan fingerprint density at radius 3 is 2.03 bits per heavy atom. The maximum absolute atomic E-state index is 13.5. The van der Waals surface area contributed by atoms with Gasteiger partial charge in [0.2, 0.25) is 11.8 Å². The van der Waals surface area contributed by atoms with Gasteiger partial charge in [-0.25, -0.2) is 8.42 Å². The number of methoxy groups -OCH3 is 2. The summed E-state index contributed by atoms with van der Waals surface area (Å²) in [7, 11) is -1.22. The Kier molecular flexibility index (Phi) is 7.75. The number of ether oxygens (including phenoxy) is 2. The highest BCUT2D eigenvalue weighted by Gasteiger charge is 2.29. The maximum atomic E-state index is 13.5. The molecule has 0 spiro atoms. The van der Waals surface area contributed by atoms with Crippen LogP contribution in [-0.4, -0.2) is 41.0 Å². The molecule has 0 heterocycles. The van der Waals surface area contributed by atoms with Gasteiger partial charge in [-0.15, -0.1) is 0 Å². The van der Waals surface area contributed by atoms with E-state index >= 15 is 0 Å². The number of nitrogens with one attached hydrogen (secondary N) is 2. The molecule has 0 saturated heterocycles. The third-order valence-electron chi connectivity index (χ3n) is 4.76. The maximum Gasteiger partial charge on any atom is 0.264 e.